The highest BCUT2D eigenvalue weighted by Crippen LogP contribution is 2.45. The van der Waals surface area contributed by atoms with Crippen molar-refractivity contribution in [3.63, 3.8) is 0 Å². The normalized spacial score (nSPS) is 15.4. The Morgan fingerprint density at radius 2 is 1.71 bits per heavy atom. The molecular weight excluding hydrogens is 509 g/mol. The summed E-state index contributed by atoms with van der Waals surface area (Å²) in [7, 11) is -3.84. The Morgan fingerprint density at radius 1 is 1.00 bits per heavy atom. The second-order valence-corrected chi connectivity index (χ2v) is 10.7. The van der Waals surface area contributed by atoms with Crippen LogP contribution in [0.4, 0.5) is 0 Å². The lowest BCUT2D eigenvalue weighted by atomic mass is 10.2. The number of para-hydroxylation sites is 1. The first-order valence-electron chi connectivity index (χ1n) is 12.5. The van der Waals surface area contributed by atoms with E-state index in [1.54, 1.807) is 31.2 Å². The van der Waals surface area contributed by atoms with Gasteiger partial charge in [0.1, 0.15) is 12.0 Å². The van der Waals surface area contributed by atoms with Gasteiger partial charge < -0.3 is 14.0 Å². The molecule has 0 aliphatic carbocycles. The van der Waals surface area contributed by atoms with Crippen molar-refractivity contribution >= 4 is 7.75 Å². The maximum absolute atomic E-state index is 13.8. The standard InChI is InChI=1S/C27H36N3O7P/c1-5-24(36-22(4)30-16-15-26(31)28-27(30)32)19-35-38(33,37-25-9-7-6-8-10-25)29-21(3)17-34-18-23-13-11-20(2)12-14-23/h6-16,21-22,24H,5,17-19H2,1-4H3,(H,29,33)(H,28,31,32)/t21?,22-,24+,38?/m1/s1. The first-order valence-corrected chi connectivity index (χ1v) is 14.1. The molecule has 2 unspecified atom stereocenters. The lowest BCUT2D eigenvalue weighted by Crippen LogP contribution is -2.34. The molecule has 2 N–H and O–H groups in total. The molecular formula is C27H36N3O7P. The number of nitrogens with zero attached hydrogens (tertiary/aromatic N) is 1. The SMILES string of the molecule is CC[C@@H](COP(=O)(NC(C)COCc1ccc(C)cc1)Oc1ccccc1)O[C@H](C)n1ccc(=O)[nH]c1=O. The van der Waals surface area contributed by atoms with Crippen LogP contribution in [0.5, 0.6) is 5.75 Å². The fourth-order valence-corrected chi connectivity index (χ4v) is 5.10. The molecule has 0 saturated carbocycles. The molecule has 1 heterocycles. The summed E-state index contributed by atoms with van der Waals surface area (Å²) in [6, 6.07) is 17.7. The van der Waals surface area contributed by atoms with Crippen molar-refractivity contribution in [1.82, 2.24) is 14.6 Å². The topological polar surface area (TPSA) is 121 Å². The third-order valence-corrected chi connectivity index (χ3v) is 7.32. The average Bonchev–Trinajstić information content (AvgIpc) is 2.88. The Hall–Kier alpha value is -3.01. The molecule has 0 amide bonds. The number of aromatic amines is 1. The molecule has 0 bridgehead atoms. The quantitative estimate of drug-likeness (QED) is 0.267. The Morgan fingerprint density at radius 3 is 2.37 bits per heavy atom. The lowest BCUT2D eigenvalue weighted by molar-refractivity contribution is -0.0654. The van der Waals surface area contributed by atoms with Crippen LogP contribution in [0, 0.1) is 6.92 Å². The van der Waals surface area contributed by atoms with Crippen LogP contribution in [-0.4, -0.2) is 34.9 Å². The minimum Gasteiger partial charge on any atom is -0.413 e. The van der Waals surface area contributed by atoms with Crippen molar-refractivity contribution in [3.8, 4) is 5.75 Å². The van der Waals surface area contributed by atoms with Gasteiger partial charge in [0.25, 0.3) is 5.56 Å². The van der Waals surface area contributed by atoms with Gasteiger partial charge >= 0.3 is 13.4 Å². The zero-order valence-corrected chi connectivity index (χ0v) is 23.1. The molecule has 3 rings (SSSR count). The zero-order chi connectivity index (χ0) is 27.5. The molecule has 0 spiro atoms. The summed E-state index contributed by atoms with van der Waals surface area (Å²) in [5, 5.41) is 2.95. The Kier molecular flexibility index (Phi) is 11.1. The number of hydrogen-bond donors (Lipinski definition) is 2. The van der Waals surface area contributed by atoms with Crippen LogP contribution in [0.15, 0.2) is 76.4 Å². The van der Waals surface area contributed by atoms with Gasteiger partial charge in [-0.15, -0.1) is 0 Å². The van der Waals surface area contributed by atoms with Gasteiger partial charge in [-0.1, -0.05) is 55.0 Å². The highest BCUT2D eigenvalue weighted by atomic mass is 31.2. The van der Waals surface area contributed by atoms with E-state index in [1.165, 1.54) is 22.4 Å². The lowest BCUT2D eigenvalue weighted by Gasteiger charge is -2.27. The van der Waals surface area contributed by atoms with Crippen LogP contribution < -0.4 is 20.9 Å². The summed E-state index contributed by atoms with van der Waals surface area (Å²) < 4.78 is 38.4. The zero-order valence-electron chi connectivity index (χ0n) is 22.2. The van der Waals surface area contributed by atoms with E-state index in [4.69, 9.17) is 18.5 Å². The summed E-state index contributed by atoms with van der Waals surface area (Å²) in [4.78, 5) is 25.6. The fourth-order valence-electron chi connectivity index (χ4n) is 3.55. The monoisotopic (exact) mass is 545 g/mol. The number of nitrogens with one attached hydrogen (secondary N) is 2. The number of aromatic nitrogens is 2. The highest BCUT2D eigenvalue weighted by molar-refractivity contribution is 7.52. The van der Waals surface area contributed by atoms with Crippen LogP contribution in [0.3, 0.4) is 0 Å². The second-order valence-electron chi connectivity index (χ2n) is 9.01. The molecule has 2 aromatic carbocycles. The van der Waals surface area contributed by atoms with Crippen molar-refractivity contribution in [2.75, 3.05) is 13.2 Å². The molecule has 1 aromatic heterocycles. The fraction of sp³-hybridized carbons (Fsp3) is 0.407. The minimum atomic E-state index is -3.84. The summed E-state index contributed by atoms with van der Waals surface area (Å²) >= 11 is 0. The minimum absolute atomic E-state index is 0.0625. The number of benzene rings is 2. The number of hydrogen-bond acceptors (Lipinski definition) is 7. The van der Waals surface area contributed by atoms with Crippen LogP contribution in [0.25, 0.3) is 0 Å². The molecule has 3 aromatic rings. The first kappa shape index (κ1) is 29.5. The van der Waals surface area contributed by atoms with Crippen molar-refractivity contribution in [1.29, 1.82) is 0 Å². The Balaban J connectivity index is 1.62. The predicted octanol–water partition coefficient (Wildman–Crippen LogP) is 4.56. The number of ether oxygens (including phenoxy) is 2. The summed E-state index contributed by atoms with van der Waals surface area (Å²) in [6.07, 6.45) is 0.682. The van der Waals surface area contributed by atoms with Crippen LogP contribution >= 0.6 is 7.75 Å². The van der Waals surface area contributed by atoms with E-state index >= 15 is 0 Å². The number of aryl methyl sites for hydroxylation is 1. The maximum Gasteiger partial charge on any atom is 0.459 e. The average molecular weight is 546 g/mol. The molecule has 206 valence electrons. The largest absolute Gasteiger partial charge is 0.459 e. The predicted molar refractivity (Wildman–Crippen MR) is 145 cm³/mol. The van der Waals surface area contributed by atoms with Crippen molar-refractivity contribution in [2.45, 2.75) is 59.1 Å². The van der Waals surface area contributed by atoms with Gasteiger partial charge in [0.2, 0.25) is 0 Å². The van der Waals surface area contributed by atoms with E-state index in [2.05, 4.69) is 10.1 Å². The van der Waals surface area contributed by atoms with Gasteiger partial charge in [-0.3, -0.25) is 18.9 Å². The van der Waals surface area contributed by atoms with E-state index in [0.717, 1.165) is 5.56 Å². The molecule has 10 nitrogen and oxygen atoms in total. The van der Waals surface area contributed by atoms with Gasteiger partial charge in [-0.05, 0) is 44.9 Å². The maximum atomic E-state index is 13.8. The molecule has 11 heteroatoms. The molecule has 4 atom stereocenters. The molecule has 0 aliphatic heterocycles. The second kappa shape index (κ2) is 14.2. The summed E-state index contributed by atoms with van der Waals surface area (Å²) in [5.41, 5.74) is 1.15. The third-order valence-electron chi connectivity index (χ3n) is 5.62. The highest BCUT2D eigenvalue weighted by Gasteiger charge is 2.30. The molecule has 0 fully saturated rings. The Labute approximate surface area is 222 Å². The number of rotatable bonds is 15. The first-order chi connectivity index (χ1) is 18.2. The molecule has 0 saturated heterocycles. The van der Waals surface area contributed by atoms with Gasteiger partial charge in [-0.2, -0.15) is 0 Å². The molecule has 0 aliphatic rings. The third kappa shape index (κ3) is 9.38. The smallest absolute Gasteiger partial charge is 0.413 e. The van der Waals surface area contributed by atoms with E-state index in [-0.39, 0.29) is 19.3 Å². The summed E-state index contributed by atoms with van der Waals surface area (Å²) in [5.74, 6) is 0.387. The molecule has 0 radical (unpaired) electrons. The summed E-state index contributed by atoms with van der Waals surface area (Å²) in [6.45, 7) is 8.05. The van der Waals surface area contributed by atoms with E-state index < -0.39 is 31.3 Å². The van der Waals surface area contributed by atoms with Gasteiger partial charge in [0.05, 0.1) is 25.9 Å². The van der Waals surface area contributed by atoms with Gasteiger partial charge in [0, 0.05) is 18.3 Å². The van der Waals surface area contributed by atoms with Crippen LogP contribution in [-0.2, 0) is 25.2 Å². The van der Waals surface area contributed by atoms with Gasteiger partial charge in [0.15, 0.2) is 0 Å². The Bertz CT molecular complexity index is 1290. The molecule has 38 heavy (non-hydrogen) atoms. The van der Waals surface area contributed by atoms with Crippen LogP contribution in [0.1, 0.15) is 44.5 Å². The van der Waals surface area contributed by atoms with Gasteiger partial charge in [-0.25, -0.2) is 14.4 Å². The number of H-pyrrole nitrogens is 1. The van der Waals surface area contributed by atoms with E-state index in [0.29, 0.717) is 18.8 Å². The van der Waals surface area contributed by atoms with Crippen LogP contribution in [0.2, 0.25) is 0 Å². The van der Waals surface area contributed by atoms with Crippen molar-refractivity contribution in [2.24, 2.45) is 0 Å². The van der Waals surface area contributed by atoms with E-state index in [1.807, 2.05) is 51.1 Å². The van der Waals surface area contributed by atoms with E-state index in [9.17, 15) is 14.2 Å². The van der Waals surface area contributed by atoms with Crippen molar-refractivity contribution < 1.29 is 23.1 Å². The van der Waals surface area contributed by atoms with Crippen molar-refractivity contribution in [3.05, 3.63) is 98.8 Å².